The van der Waals surface area contributed by atoms with E-state index in [1.165, 1.54) is 18.2 Å². The monoisotopic (exact) mass is 315 g/mol. The number of amides is 1. The van der Waals surface area contributed by atoms with Gasteiger partial charge in [0, 0.05) is 18.7 Å². The first-order chi connectivity index (χ1) is 10.2. The van der Waals surface area contributed by atoms with Crippen molar-refractivity contribution in [2.75, 3.05) is 6.61 Å². The minimum Gasteiger partial charge on any atom is -0.396 e. The molecule has 2 N–H and O–H groups in total. The second-order valence-corrected chi connectivity index (χ2v) is 5.18. The van der Waals surface area contributed by atoms with E-state index in [2.05, 4.69) is 5.32 Å². The summed E-state index contributed by atoms with van der Waals surface area (Å²) in [6.07, 6.45) is -1.90. The molecule has 1 unspecified atom stereocenters. The SMILES string of the molecule is C/C(=C/C(=O)NC(C)CCCO)c1cccc(C(F)(F)F)c1. The van der Waals surface area contributed by atoms with Crippen LogP contribution in [0.3, 0.4) is 0 Å². The van der Waals surface area contributed by atoms with Gasteiger partial charge in [0.05, 0.1) is 5.56 Å². The number of aliphatic hydroxyl groups is 1. The van der Waals surface area contributed by atoms with E-state index in [-0.39, 0.29) is 18.6 Å². The van der Waals surface area contributed by atoms with Crippen LogP contribution >= 0.6 is 0 Å². The summed E-state index contributed by atoms with van der Waals surface area (Å²) in [5.74, 6) is -0.361. The molecule has 0 saturated heterocycles. The summed E-state index contributed by atoms with van der Waals surface area (Å²) in [6.45, 7) is 3.45. The predicted octanol–water partition coefficient (Wildman–Crippen LogP) is 3.39. The lowest BCUT2D eigenvalue weighted by atomic mass is 10.0. The number of halogens is 3. The molecule has 1 aromatic rings. The fourth-order valence-electron chi connectivity index (χ4n) is 1.97. The average Bonchev–Trinajstić information content (AvgIpc) is 2.44. The van der Waals surface area contributed by atoms with Crippen LogP contribution < -0.4 is 5.32 Å². The lowest BCUT2D eigenvalue weighted by Gasteiger charge is -2.12. The maximum atomic E-state index is 12.7. The number of carbonyl (C=O) groups is 1. The third kappa shape index (κ3) is 5.89. The lowest BCUT2D eigenvalue weighted by Crippen LogP contribution is -2.31. The Morgan fingerprint density at radius 1 is 1.41 bits per heavy atom. The summed E-state index contributed by atoms with van der Waals surface area (Å²) in [5, 5.41) is 11.4. The molecule has 0 aliphatic heterocycles. The Labute approximate surface area is 127 Å². The van der Waals surface area contributed by atoms with Crippen molar-refractivity contribution in [3.8, 4) is 0 Å². The zero-order chi connectivity index (χ0) is 16.8. The molecule has 1 atom stereocenters. The molecule has 0 fully saturated rings. The van der Waals surface area contributed by atoms with Gasteiger partial charge in [0.15, 0.2) is 0 Å². The third-order valence-corrected chi connectivity index (χ3v) is 3.18. The quantitative estimate of drug-likeness (QED) is 0.791. The Morgan fingerprint density at radius 3 is 2.68 bits per heavy atom. The highest BCUT2D eigenvalue weighted by atomic mass is 19.4. The van der Waals surface area contributed by atoms with Crippen LogP contribution in [-0.4, -0.2) is 23.7 Å². The second kappa shape index (κ2) is 7.98. The van der Waals surface area contributed by atoms with E-state index < -0.39 is 11.7 Å². The molecular weight excluding hydrogens is 295 g/mol. The standard InChI is InChI=1S/C16H20F3NO2/c1-11(9-15(22)20-12(2)5-4-8-21)13-6-3-7-14(10-13)16(17,18)19/h3,6-7,9-10,12,21H,4-5,8H2,1-2H3,(H,20,22)/b11-9-. The van der Waals surface area contributed by atoms with Crippen molar-refractivity contribution in [1.82, 2.24) is 5.32 Å². The smallest absolute Gasteiger partial charge is 0.396 e. The number of hydrogen-bond acceptors (Lipinski definition) is 2. The molecule has 1 amide bonds. The largest absolute Gasteiger partial charge is 0.416 e. The minimum absolute atomic E-state index is 0.0549. The van der Waals surface area contributed by atoms with Gasteiger partial charge in [-0.15, -0.1) is 0 Å². The molecule has 22 heavy (non-hydrogen) atoms. The Kier molecular flexibility index (Phi) is 6.61. The normalized spacial score (nSPS) is 13.8. The molecule has 3 nitrogen and oxygen atoms in total. The van der Waals surface area contributed by atoms with Gasteiger partial charge >= 0.3 is 6.18 Å². The Bertz CT molecular complexity index is 538. The molecule has 6 heteroatoms. The van der Waals surface area contributed by atoms with E-state index in [1.54, 1.807) is 13.8 Å². The summed E-state index contributed by atoms with van der Waals surface area (Å²) >= 11 is 0. The van der Waals surface area contributed by atoms with E-state index in [9.17, 15) is 18.0 Å². The molecule has 0 spiro atoms. The van der Waals surface area contributed by atoms with Gasteiger partial charge in [0.25, 0.3) is 0 Å². The van der Waals surface area contributed by atoms with Crippen molar-refractivity contribution >= 4 is 11.5 Å². The average molecular weight is 315 g/mol. The summed E-state index contributed by atoms with van der Waals surface area (Å²) in [6, 6.07) is 4.76. The van der Waals surface area contributed by atoms with E-state index >= 15 is 0 Å². The van der Waals surface area contributed by atoms with Crippen LogP contribution in [-0.2, 0) is 11.0 Å². The second-order valence-electron chi connectivity index (χ2n) is 5.18. The molecule has 0 heterocycles. The summed E-state index contributed by atoms with van der Waals surface area (Å²) in [7, 11) is 0. The fourth-order valence-corrected chi connectivity index (χ4v) is 1.97. The zero-order valence-electron chi connectivity index (χ0n) is 12.6. The summed E-state index contributed by atoms with van der Waals surface area (Å²) in [4.78, 5) is 11.8. The van der Waals surface area contributed by atoms with E-state index in [0.29, 0.717) is 24.0 Å². The van der Waals surface area contributed by atoms with Crippen molar-refractivity contribution in [3.63, 3.8) is 0 Å². The molecule has 0 bridgehead atoms. The molecule has 122 valence electrons. The highest BCUT2D eigenvalue weighted by Crippen LogP contribution is 2.30. The predicted molar refractivity (Wildman–Crippen MR) is 79.0 cm³/mol. The molecular formula is C16H20F3NO2. The Morgan fingerprint density at radius 2 is 2.09 bits per heavy atom. The number of aliphatic hydroxyl groups excluding tert-OH is 1. The number of benzene rings is 1. The van der Waals surface area contributed by atoms with Gasteiger partial charge in [0.1, 0.15) is 0 Å². The van der Waals surface area contributed by atoms with Gasteiger partial charge in [-0.3, -0.25) is 4.79 Å². The summed E-state index contributed by atoms with van der Waals surface area (Å²) in [5.41, 5.74) is 0.0698. The highest BCUT2D eigenvalue weighted by molar-refractivity contribution is 5.95. The van der Waals surface area contributed by atoms with Crippen LogP contribution in [0.2, 0.25) is 0 Å². The fraction of sp³-hybridized carbons (Fsp3) is 0.438. The summed E-state index contributed by atoms with van der Waals surface area (Å²) < 4.78 is 38.0. The van der Waals surface area contributed by atoms with Crippen molar-refractivity contribution < 1.29 is 23.1 Å². The van der Waals surface area contributed by atoms with Crippen LogP contribution in [0.25, 0.3) is 5.57 Å². The molecule has 0 aliphatic carbocycles. The number of carbonyl (C=O) groups excluding carboxylic acids is 1. The van der Waals surface area contributed by atoms with Crippen LogP contribution in [0.15, 0.2) is 30.3 Å². The van der Waals surface area contributed by atoms with Gasteiger partial charge in [-0.2, -0.15) is 13.2 Å². The van der Waals surface area contributed by atoms with E-state index in [4.69, 9.17) is 5.11 Å². The topological polar surface area (TPSA) is 49.3 Å². The van der Waals surface area contributed by atoms with Gasteiger partial charge in [0.2, 0.25) is 5.91 Å². The van der Waals surface area contributed by atoms with Crippen molar-refractivity contribution in [2.24, 2.45) is 0 Å². The molecule has 0 aromatic heterocycles. The number of alkyl halides is 3. The van der Waals surface area contributed by atoms with Gasteiger partial charge in [-0.05, 0) is 50.0 Å². The number of rotatable bonds is 6. The minimum atomic E-state index is -4.41. The van der Waals surface area contributed by atoms with Crippen molar-refractivity contribution in [2.45, 2.75) is 38.9 Å². The molecule has 0 aliphatic rings. The van der Waals surface area contributed by atoms with E-state index in [1.807, 2.05) is 0 Å². The van der Waals surface area contributed by atoms with Crippen LogP contribution in [0.5, 0.6) is 0 Å². The van der Waals surface area contributed by atoms with E-state index in [0.717, 1.165) is 12.1 Å². The highest BCUT2D eigenvalue weighted by Gasteiger charge is 2.30. The first-order valence-corrected chi connectivity index (χ1v) is 7.01. The van der Waals surface area contributed by atoms with Gasteiger partial charge in [-0.25, -0.2) is 0 Å². The maximum absolute atomic E-state index is 12.7. The van der Waals surface area contributed by atoms with Gasteiger partial charge in [-0.1, -0.05) is 12.1 Å². The first-order valence-electron chi connectivity index (χ1n) is 7.01. The molecule has 0 radical (unpaired) electrons. The number of allylic oxidation sites excluding steroid dienone is 1. The Balaban J connectivity index is 2.78. The van der Waals surface area contributed by atoms with Crippen molar-refractivity contribution in [1.29, 1.82) is 0 Å². The zero-order valence-corrected chi connectivity index (χ0v) is 12.6. The Hall–Kier alpha value is -1.82. The third-order valence-electron chi connectivity index (χ3n) is 3.18. The molecule has 1 rings (SSSR count). The maximum Gasteiger partial charge on any atom is 0.416 e. The van der Waals surface area contributed by atoms with Crippen LogP contribution in [0.1, 0.15) is 37.8 Å². The number of nitrogens with one attached hydrogen (secondary N) is 1. The molecule has 1 aromatic carbocycles. The van der Waals surface area contributed by atoms with Crippen LogP contribution in [0.4, 0.5) is 13.2 Å². The van der Waals surface area contributed by atoms with Gasteiger partial charge < -0.3 is 10.4 Å². The first kappa shape index (κ1) is 18.2. The number of hydrogen-bond donors (Lipinski definition) is 2. The molecule has 0 saturated carbocycles. The lowest BCUT2D eigenvalue weighted by molar-refractivity contribution is -0.137. The van der Waals surface area contributed by atoms with Crippen molar-refractivity contribution in [3.05, 3.63) is 41.5 Å². The van der Waals surface area contributed by atoms with Crippen LogP contribution in [0, 0.1) is 0 Å².